The Morgan fingerprint density at radius 2 is 1.85 bits per heavy atom. The number of anilines is 1. The SMILES string of the molecule is C=CCn1c(SCC(=O)Nc2ccc(C(=O)OC)cc2)nnc1[C@@H](CC(C)C)NC(=O)c1ccc(Cl)cc1Cl. The van der Waals surface area contributed by atoms with Crippen molar-refractivity contribution in [1.82, 2.24) is 20.1 Å². The molecule has 0 spiro atoms. The molecular formula is C27H29Cl2N5O4S. The predicted molar refractivity (Wildman–Crippen MR) is 153 cm³/mol. The Labute approximate surface area is 241 Å². The Kier molecular flexibility index (Phi) is 11.0. The molecule has 0 bridgehead atoms. The molecule has 0 unspecified atom stereocenters. The number of benzene rings is 2. The summed E-state index contributed by atoms with van der Waals surface area (Å²) in [6.07, 6.45) is 2.29. The van der Waals surface area contributed by atoms with Gasteiger partial charge in [0.05, 0.1) is 35.1 Å². The molecule has 1 aromatic heterocycles. The summed E-state index contributed by atoms with van der Waals surface area (Å²) in [6, 6.07) is 10.6. The quantitative estimate of drug-likeness (QED) is 0.156. The molecule has 39 heavy (non-hydrogen) atoms. The van der Waals surface area contributed by atoms with E-state index in [2.05, 4.69) is 32.1 Å². The molecule has 1 heterocycles. The normalized spacial score (nSPS) is 11.6. The van der Waals surface area contributed by atoms with Gasteiger partial charge in [0, 0.05) is 17.3 Å². The number of methoxy groups -OCH3 is 1. The van der Waals surface area contributed by atoms with Crippen molar-refractivity contribution >= 4 is 58.4 Å². The van der Waals surface area contributed by atoms with Crippen LogP contribution in [-0.4, -0.2) is 45.4 Å². The van der Waals surface area contributed by atoms with Gasteiger partial charge in [-0.2, -0.15) is 0 Å². The van der Waals surface area contributed by atoms with Crippen molar-refractivity contribution in [3.8, 4) is 0 Å². The molecule has 0 radical (unpaired) electrons. The number of thioether (sulfide) groups is 1. The summed E-state index contributed by atoms with van der Waals surface area (Å²) in [7, 11) is 1.31. The highest BCUT2D eigenvalue weighted by Gasteiger charge is 2.25. The molecule has 3 aromatic rings. The second kappa shape index (κ2) is 14.2. The standard InChI is InChI=1S/C27H29Cl2N5O4S/c1-5-12-34-24(22(13-16(2)3)31-25(36)20-11-8-18(28)14-21(20)29)32-33-27(34)39-15-23(35)30-19-9-6-17(7-10-19)26(37)38-4/h5-11,14,16,22H,1,12-13,15H2,2-4H3,(H,30,35)(H,31,36)/t22-/m1/s1. The van der Waals surface area contributed by atoms with Crippen LogP contribution in [0.15, 0.2) is 60.3 Å². The average molecular weight is 591 g/mol. The molecular weight excluding hydrogens is 561 g/mol. The number of carbonyl (C=O) groups excluding carboxylic acids is 3. The predicted octanol–water partition coefficient (Wildman–Crippen LogP) is 5.81. The molecule has 3 rings (SSSR count). The molecule has 0 saturated carbocycles. The lowest BCUT2D eigenvalue weighted by Gasteiger charge is -2.21. The lowest BCUT2D eigenvalue weighted by molar-refractivity contribution is -0.113. The summed E-state index contributed by atoms with van der Waals surface area (Å²) in [5.41, 5.74) is 1.23. The van der Waals surface area contributed by atoms with Crippen molar-refractivity contribution < 1.29 is 19.1 Å². The van der Waals surface area contributed by atoms with Gasteiger partial charge in [-0.15, -0.1) is 16.8 Å². The van der Waals surface area contributed by atoms with E-state index in [0.717, 1.165) is 0 Å². The number of halogens is 2. The van der Waals surface area contributed by atoms with E-state index in [1.807, 2.05) is 18.4 Å². The number of ether oxygens (including phenoxy) is 1. The van der Waals surface area contributed by atoms with Crippen molar-refractivity contribution in [2.75, 3.05) is 18.2 Å². The van der Waals surface area contributed by atoms with E-state index in [9.17, 15) is 14.4 Å². The molecule has 0 aliphatic heterocycles. The van der Waals surface area contributed by atoms with Gasteiger partial charge in [-0.05, 0) is 54.8 Å². The number of nitrogens with zero attached hydrogens (tertiary/aromatic N) is 3. The fourth-order valence-corrected chi connectivity index (χ4v) is 4.96. The van der Waals surface area contributed by atoms with Gasteiger partial charge in [-0.25, -0.2) is 4.79 Å². The first-order chi connectivity index (χ1) is 18.6. The summed E-state index contributed by atoms with van der Waals surface area (Å²) in [6.45, 7) is 8.29. The van der Waals surface area contributed by atoms with Crippen LogP contribution in [0.4, 0.5) is 5.69 Å². The van der Waals surface area contributed by atoms with Crippen molar-refractivity contribution in [2.45, 2.75) is 38.0 Å². The average Bonchev–Trinajstić information content (AvgIpc) is 3.29. The summed E-state index contributed by atoms with van der Waals surface area (Å²) >= 11 is 13.4. The van der Waals surface area contributed by atoms with Crippen LogP contribution in [-0.2, 0) is 16.1 Å². The maximum atomic E-state index is 13.1. The van der Waals surface area contributed by atoms with E-state index < -0.39 is 12.0 Å². The number of aromatic nitrogens is 3. The molecule has 1 atom stereocenters. The highest BCUT2D eigenvalue weighted by atomic mass is 35.5. The van der Waals surface area contributed by atoms with Crippen molar-refractivity contribution in [3.05, 3.63) is 82.1 Å². The summed E-state index contributed by atoms with van der Waals surface area (Å²) < 4.78 is 6.51. The van der Waals surface area contributed by atoms with Gasteiger partial charge >= 0.3 is 5.97 Å². The second-order valence-electron chi connectivity index (χ2n) is 8.93. The van der Waals surface area contributed by atoms with Gasteiger partial charge in [0.2, 0.25) is 5.91 Å². The second-order valence-corrected chi connectivity index (χ2v) is 10.7. The highest BCUT2D eigenvalue weighted by Crippen LogP contribution is 2.27. The van der Waals surface area contributed by atoms with Crippen molar-refractivity contribution in [1.29, 1.82) is 0 Å². The number of amides is 2. The molecule has 9 nitrogen and oxygen atoms in total. The minimum absolute atomic E-state index is 0.0651. The van der Waals surface area contributed by atoms with Gasteiger partial charge in [0.1, 0.15) is 0 Å². The van der Waals surface area contributed by atoms with E-state index in [0.29, 0.717) is 45.8 Å². The summed E-state index contributed by atoms with van der Waals surface area (Å²) in [5, 5.41) is 15.7. The Balaban J connectivity index is 1.74. The van der Waals surface area contributed by atoms with Crippen LogP contribution in [0.3, 0.4) is 0 Å². The number of nitrogens with one attached hydrogen (secondary N) is 2. The lowest BCUT2D eigenvalue weighted by atomic mass is 10.0. The van der Waals surface area contributed by atoms with Gasteiger partial charge < -0.3 is 19.9 Å². The number of carbonyl (C=O) groups is 3. The first kappa shape index (κ1) is 30.2. The van der Waals surface area contributed by atoms with Crippen molar-refractivity contribution in [3.63, 3.8) is 0 Å². The molecule has 0 aliphatic carbocycles. The maximum absolute atomic E-state index is 13.1. The van der Waals surface area contributed by atoms with Crippen LogP contribution in [0.25, 0.3) is 0 Å². The van der Waals surface area contributed by atoms with Crippen LogP contribution in [0.2, 0.25) is 10.0 Å². The van der Waals surface area contributed by atoms with Crippen LogP contribution in [0.1, 0.15) is 52.9 Å². The number of rotatable bonds is 12. The third kappa shape index (κ3) is 8.32. The van der Waals surface area contributed by atoms with Crippen LogP contribution in [0, 0.1) is 5.92 Å². The largest absolute Gasteiger partial charge is 0.465 e. The molecule has 0 saturated heterocycles. The summed E-state index contributed by atoms with van der Waals surface area (Å²) in [4.78, 5) is 37.3. The molecule has 2 aromatic carbocycles. The van der Waals surface area contributed by atoms with E-state index in [1.54, 1.807) is 42.5 Å². The van der Waals surface area contributed by atoms with E-state index in [4.69, 9.17) is 23.2 Å². The zero-order valence-corrected chi connectivity index (χ0v) is 24.1. The third-order valence-corrected chi connectivity index (χ3v) is 6.99. The van der Waals surface area contributed by atoms with Crippen LogP contribution >= 0.6 is 35.0 Å². The minimum atomic E-state index is -0.465. The molecule has 0 fully saturated rings. The van der Waals surface area contributed by atoms with Crippen molar-refractivity contribution in [2.24, 2.45) is 5.92 Å². The monoisotopic (exact) mass is 589 g/mol. The minimum Gasteiger partial charge on any atom is -0.465 e. The van der Waals surface area contributed by atoms with E-state index >= 15 is 0 Å². The molecule has 0 aliphatic rings. The number of hydrogen-bond acceptors (Lipinski definition) is 7. The molecule has 206 valence electrons. The topological polar surface area (TPSA) is 115 Å². The number of allylic oxidation sites excluding steroid dienone is 1. The molecule has 12 heteroatoms. The zero-order chi connectivity index (χ0) is 28.5. The Hall–Kier alpha value is -3.34. The van der Waals surface area contributed by atoms with Gasteiger partial charge in [0.25, 0.3) is 5.91 Å². The number of hydrogen-bond donors (Lipinski definition) is 2. The fraction of sp³-hybridized carbons (Fsp3) is 0.296. The van der Waals surface area contributed by atoms with Gasteiger partial charge in [0.15, 0.2) is 11.0 Å². The molecule has 2 N–H and O–H groups in total. The highest BCUT2D eigenvalue weighted by molar-refractivity contribution is 7.99. The molecule has 2 amide bonds. The zero-order valence-electron chi connectivity index (χ0n) is 21.7. The first-order valence-electron chi connectivity index (χ1n) is 12.0. The fourth-order valence-electron chi connectivity index (χ4n) is 3.71. The Morgan fingerprint density at radius 1 is 1.13 bits per heavy atom. The van der Waals surface area contributed by atoms with Crippen LogP contribution in [0.5, 0.6) is 0 Å². The van der Waals surface area contributed by atoms with Gasteiger partial charge in [-0.3, -0.25) is 9.59 Å². The maximum Gasteiger partial charge on any atom is 0.337 e. The summed E-state index contributed by atoms with van der Waals surface area (Å²) in [5.74, 6) is -0.229. The van der Waals surface area contributed by atoms with Crippen LogP contribution < -0.4 is 10.6 Å². The van der Waals surface area contributed by atoms with E-state index in [1.165, 1.54) is 24.9 Å². The van der Waals surface area contributed by atoms with E-state index in [-0.39, 0.29) is 28.5 Å². The lowest BCUT2D eigenvalue weighted by Crippen LogP contribution is -2.32. The third-order valence-electron chi connectivity index (χ3n) is 5.48. The Morgan fingerprint density at radius 3 is 2.46 bits per heavy atom. The Bertz CT molecular complexity index is 1340. The van der Waals surface area contributed by atoms with Gasteiger partial charge in [-0.1, -0.05) is 54.9 Å². The number of esters is 1. The smallest absolute Gasteiger partial charge is 0.337 e. The first-order valence-corrected chi connectivity index (χ1v) is 13.8.